The Balaban J connectivity index is 1.79. The van der Waals surface area contributed by atoms with Gasteiger partial charge < -0.3 is 15.2 Å². The van der Waals surface area contributed by atoms with Crippen LogP contribution in [-0.2, 0) is 7.05 Å². The van der Waals surface area contributed by atoms with Gasteiger partial charge in [-0.25, -0.2) is 9.78 Å². The first-order valence-electron chi connectivity index (χ1n) is 8.75. The minimum Gasteiger partial charge on any atom is -0.336 e. The summed E-state index contributed by atoms with van der Waals surface area (Å²) in [6.45, 7) is 2.06. The Kier molecular flexibility index (Phi) is 5.18. The van der Waals surface area contributed by atoms with Gasteiger partial charge >= 0.3 is 6.03 Å². The zero-order valence-electron chi connectivity index (χ0n) is 14.5. The highest BCUT2D eigenvalue weighted by Gasteiger charge is 2.23. The van der Waals surface area contributed by atoms with Crippen molar-refractivity contribution < 1.29 is 4.79 Å². The maximum absolute atomic E-state index is 12.6. The highest BCUT2D eigenvalue weighted by atomic mass is 16.2. The van der Waals surface area contributed by atoms with Gasteiger partial charge in [-0.15, -0.1) is 0 Å². The van der Waals surface area contributed by atoms with Crippen LogP contribution in [0.15, 0.2) is 36.7 Å². The summed E-state index contributed by atoms with van der Waals surface area (Å²) in [5.74, 6) is 0.836. The number of hydrogen-bond acceptors (Lipinski definition) is 2. The number of carbonyl (C=O) groups is 1. The smallest absolute Gasteiger partial charge is 0.315 e. The van der Waals surface area contributed by atoms with Gasteiger partial charge in [-0.2, -0.15) is 0 Å². The minimum absolute atomic E-state index is 0.113. The van der Waals surface area contributed by atoms with E-state index in [0.29, 0.717) is 0 Å². The van der Waals surface area contributed by atoms with Gasteiger partial charge in [0.2, 0.25) is 0 Å². The SMILES string of the molecule is Cc1ccccc1C(NC(=O)NC1CCCCC1)c1nccn1C. The van der Waals surface area contributed by atoms with Gasteiger partial charge in [0, 0.05) is 25.5 Å². The van der Waals surface area contributed by atoms with Crippen molar-refractivity contribution in [3.05, 3.63) is 53.6 Å². The number of imidazole rings is 1. The third-order valence-corrected chi connectivity index (χ3v) is 4.83. The minimum atomic E-state index is -0.255. The van der Waals surface area contributed by atoms with Crippen LogP contribution in [0.5, 0.6) is 0 Å². The van der Waals surface area contributed by atoms with Crippen molar-refractivity contribution >= 4 is 6.03 Å². The first-order valence-corrected chi connectivity index (χ1v) is 8.75. The number of hydrogen-bond donors (Lipinski definition) is 2. The third kappa shape index (κ3) is 3.78. The highest BCUT2D eigenvalue weighted by molar-refractivity contribution is 5.75. The number of benzene rings is 1. The molecule has 0 radical (unpaired) electrons. The molecule has 0 bridgehead atoms. The second-order valence-corrected chi connectivity index (χ2v) is 6.64. The van der Waals surface area contributed by atoms with Crippen molar-refractivity contribution in [1.29, 1.82) is 0 Å². The van der Waals surface area contributed by atoms with Crippen LogP contribution in [0, 0.1) is 6.92 Å². The van der Waals surface area contributed by atoms with Crippen LogP contribution in [0.3, 0.4) is 0 Å². The number of amides is 2. The normalized spacial score (nSPS) is 16.6. The molecule has 1 aliphatic rings. The molecule has 1 heterocycles. The summed E-state index contributed by atoms with van der Waals surface area (Å²) in [5.41, 5.74) is 2.22. The van der Waals surface area contributed by atoms with E-state index in [4.69, 9.17) is 0 Å². The molecule has 128 valence electrons. The molecule has 2 N–H and O–H groups in total. The molecule has 1 fully saturated rings. The number of aryl methyl sites for hydroxylation is 2. The van der Waals surface area contributed by atoms with Crippen molar-refractivity contribution in [3.63, 3.8) is 0 Å². The molecule has 0 saturated heterocycles. The summed E-state index contributed by atoms with van der Waals surface area (Å²) in [6.07, 6.45) is 9.49. The molecule has 3 rings (SSSR count). The van der Waals surface area contributed by atoms with Gasteiger partial charge in [-0.1, -0.05) is 43.5 Å². The van der Waals surface area contributed by atoms with E-state index >= 15 is 0 Å². The number of urea groups is 1. The number of nitrogens with zero attached hydrogens (tertiary/aromatic N) is 2. The molecule has 1 atom stereocenters. The fourth-order valence-electron chi connectivity index (χ4n) is 3.45. The Morgan fingerprint density at radius 2 is 2.00 bits per heavy atom. The van der Waals surface area contributed by atoms with Crippen molar-refractivity contribution in [1.82, 2.24) is 20.2 Å². The number of rotatable bonds is 4. The molecule has 5 heteroatoms. The molecule has 1 aromatic heterocycles. The van der Waals surface area contributed by atoms with E-state index in [1.165, 1.54) is 19.3 Å². The number of carbonyl (C=O) groups excluding carboxylic acids is 1. The van der Waals surface area contributed by atoms with E-state index in [0.717, 1.165) is 29.8 Å². The lowest BCUT2D eigenvalue weighted by Gasteiger charge is -2.26. The highest BCUT2D eigenvalue weighted by Crippen LogP contribution is 2.24. The van der Waals surface area contributed by atoms with E-state index in [1.807, 2.05) is 29.9 Å². The summed E-state index contributed by atoms with van der Waals surface area (Å²) in [5, 5.41) is 6.26. The summed E-state index contributed by atoms with van der Waals surface area (Å²) in [6, 6.07) is 8.04. The van der Waals surface area contributed by atoms with Gasteiger partial charge in [-0.05, 0) is 30.9 Å². The molecule has 0 spiro atoms. The molecule has 24 heavy (non-hydrogen) atoms. The van der Waals surface area contributed by atoms with Crippen molar-refractivity contribution in [2.45, 2.75) is 51.1 Å². The second kappa shape index (κ2) is 7.51. The third-order valence-electron chi connectivity index (χ3n) is 4.83. The van der Waals surface area contributed by atoms with Gasteiger partial charge in [0.1, 0.15) is 11.9 Å². The average Bonchev–Trinajstić information content (AvgIpc) is 3.00. The van der Waals surface area contributed by atoms with Gasteiger partial charge in [0.15, 0.2) is 0 Å². The van der Waals surface area contributed by atoms with Gasteiger partial charge in [0.25, 0.3) is 0 Å². The summed E-state index contributed by atoms with van der Waals surface area (Å²) < 4.78 is 1.96. The molecule has 1 unspecified atom stereocenters. The molecule has 2 amide bonds. The zero-order valence-corrected chi connectivity index (χ0v) is 14.5. The van der Waals surface area contributed by atoms with Crippen molar-refractivity contribution in [2.24, 2.45) is 7.05 Å². The molecular weight excluding hydrogens is 300 g/mol. The molecule has 1 aromatic carbocycles. The molecule has 1 aliphatic carbocycles. The Labute approximate surface area is 143 Å². The van der Waals surface area contributed by atoms with Crippen LogP contribution < -0.4 is 10.6 Å². The molecule has 5 nitrogen and oxygen atoms in total. The van der Waals surface area contributed by atoms with Crippen molar-refractivity contribution in [3.8, 4) is 0 Å². The van der Waals surface area contributed by atoms with Crippen LogP contribution in [0.25, 0.3) is 0 Å². The van der Waals surface area contributed by atoms with Gasteiger partial charge in [-0.3, -0.25) is 0 Å². The summed E-state index contributed by atoms with van der Waals surface area (Å²) in [4.78, 5) is 17.0. The molecular formula is C19H26N4O. The van der Waals surface area contributed by atoms with E-state index in [1.54, 1.807) is 6.20 Å². The quantitative estimate of drug-likeness (QED) is 0.904. The van der Waals surface area contributed by atoms with Crippen LogP contribution in [0.4, 0.5) is 4.79 Å². The first-order chi connectivity index (χ1) is 11.6. The Hall–Kier alpha value is -2.30. The lowest BCUT2D eigenvalue weighted by molar-refractivity contribution is 0.230. The lowest BCUT2D eigenvalue weighted by atomic mass is 9.95. The standard InChI is InChI=1S/C19H26N4O/c1-14-8-6-7-11-16(14)17(18-20-12-13-23(18)2)22-19(24)21-15-9-4-3-5-10-15/h6-8,11-13,15,17H,3-5,9-10H2,1-2H3,(H2,21,22,24). The molecule has 2 aromatic rings. The van der Waals surface area contributed by atoms with E-state index in [-0.39, 0.29) is 18.1 Å². The Morgan fingerprint density at radius 3 is 2.67 bits per heavy atom. The largest absolute Gasteiger partial charge is 0.336 e. The molecule has 0 aliphatic heterocycles. The number of nitrogens with one attached hydrogen (secondary N) is 2. The van der Waals surface area contributed by atoms with Crippen LogP contribution in [-0.4, -0.2) is 21.6 Å². The summed E-state index contributed by atoms with van der Waals surface area (Å²) >= 11 is 0. The van der Waals surface area contributed by atoms with Crippen molar-refractivity contribution in [2.75, 3.05) is 0 Å². The Bertz CT molecular complexity index is 688. The lowest BCUT2D eigenvalue weighted by Crippen LogP contribution is -2.45. The molecule has 1 saturated carbocycles. The predicted molar refractivity (Wildman–Crippen MR) is 94.8 cm³/mol. The van der Waals surface area contributed by atoms with E-state index in [2.05, 4.69) is 34.7 Å². The number of aromatic nitrogens is 2. The first kappa shape index (κ1) is 16.6. The maximum atomic E-state index is 12.6. The fraction of sp³-hybridized carbons (Fsp3) is 0.474. The van der Waals surface area contributed by atoms with E-state index < -0.39 is 0 Å². The maximum Gasteiger partial charge on any atom is 0.315 e. The van der Waals surface area contributed by atoms with Crippen LogP contribution >= 0.6 is 0 Å². The second-order valence-electron chi connectivity index (χ2n) is 6.64. The topological polar surface area (TPSA) is 59.0 Å². The monoisotopic (exact) mass is 326 g/mol. The van der Waals surface area contributed by atoms with Crippen LogP contribution in [0.1, 0.15) is 55.1 Å². The fourth-order valence-corrected chi connectivity index (χ4v) is 3.45. The van der Waals surface area contributed by atoms with Gasteiger partial charge in [0.05, 0.1) is 0 Å². The van der Waals surface area contributed by atoms with E-state index in [9.17, 15) is 4.79 Å². The Morgan fingerprint density at radius 1 is 1.25 bits per heavy atom. The average molecular weight is 326 g/mol. The predicted octanol–water partition coefficient (Wildman–Crippen LogP) is 3.45. The summed E-state index contributed by atoms with van der Waals surface area (Å²) in [7, 11) is 1.95. The zero-order chi connectivity index (χ0) is 16.9. The van der Waals surface area contributed by atoms with Crippen LogP contribution in [0.2, 0.25) is 0 Å².